The third kappa shape index (κ3) is 3.24. The van der Waals surface area contributed by atoms with E-state index in [0.717, 1.165) is 30.8 Å². The molecule has 0 atom stereocenters. The van der Waals surface area contributed by atoms with Crippen molar-refractivity contribution in [3.63, 3.8) is 0 Å². The Morgan fingerprint density at radius 2 is 1.84 bits per heavy atom. The van der Waals surface area contributed by atoms with Gasteiger partial charge in [0.1, 0.15) is 11.4 Å². The molecule has 1 heterocycles. The van der Waals surface area contributed by atoms with Crippen molar-refractivity contribution in [2.24, 2.45) is 0 Å². The zero-order chi connectivity index (χ0) is 13.7. The van der Waals surface area contributed by atoms with E-state index in [1.165, 1.54) is 25.7 Å². The fourth-order valence-electron chi connectivity index (χ4n) is 2.91. The zero-order valence-corrected chi connectivity index (χ0v) is 12.1. The molecule has 4 heteroatoms. The van der Waals surface area contributed by atoms with Crippen molar-refractivity contribution in [2.45, 2.75) is 64.4 Å². The SMILES string of the molecule is CCOC1(c2nc(N)cc(CC)n2)CCCCCC1. The average molecular weight is 263 g/mol. The molecule has 1 saturated carbocycles. The van der Waals surface area contributed by atoms with Gasteiger partial charge in [0.2, 0.25) is 0 Å². The molecule has 0 radical (unpaired) electrons. The molecule has 2 rings (SSSR count). The maximum atomic E-state index is 6.11. The van der Waals surface area contributed by atoms with Crippen LogP contribution in [-0.2, 0) is 16.8 Å². The van der Waals surface area contributed by atoms with Crippen LogP contribution < -0.4 is 5.73 Å². The molecule has 0 spiro atoms. The van der Waals surface area contributed by atoms with E-state index in [-0.39, 0.29) is 5.60 Å². The predicted octanol–water partition coefficient (Wildman–Crippen LogP) is 3.21. The van der Waals surface area contributed by atoms with Crippen LogP contribution in [-0.4, -0.2) is 16.6 Å². The van der Waals surface area contributed by atoms with Crippen LogP contribution in [0.1, 0.15) is 63.9 Å². The molecule has 2 N–H and O–H groups in total. The number of nitrogens with two attached hydrogens (primary N) is 1. The molecule has 1 fully saturated rings. The van der Waals surface area contributed by atoms with E-state index in [4.69, 9.17) is 15.5 Å². The van der Waals surface area contributed by atoms with Crippen LogP contribution in [0.5, 0.6) is 0 Å². The molecule has 1 aliphatic rings. The summed E-state index contributed by atoms with van der Waals surface area (Å²) in [5.74, 6) is 1.36. The molecule has 1 aromatic heterocycles. The van der Waals surface area contributed by atoms with E-state index in [9.17, 15) is 0 Å². The van der Waals surface area contributed by atoms with E-state index < -0.39 is 0 Å². The first-order chi connectivity index (χ1) is 9.20. The van der Waals surface area contributed by atoms with Gasteiger partial charge >= 0.3 is 0 Å². The van der Waals surface area contributed by atoms with Gasteiger partial charge < -0.3 is 10.5 Å². The number of hydrogen-bond acceptors (Lipinski definition) is 4. The lowest BCUT2D eigenvalue weighted by Gasteiger charge is -2.31. The van der Waals surface area contributed by atoms with Gasteiger partial charge in [-0.05, 0) is 26.2 Å². The first kappa shape index (κ1) is 14.3. The Labute approximate surface area is 115 Å². The second-order valence-corrected chi connectivity index (χ2v) is 5.30. The lowest BCUT2D eigenvalue weighted by molar-refractivity contribution is -0.0624. The molecule has 0 saturated heterocycles. The van der Waals surface area contributed by atoms with Gasteiger partial charge in [-0.15, -0.1) is 0 Å². The zero-order valence-electron chi connectivity index (χ0n) is 12.1. The molecular weight excluding hydrogens is 238 g/mol. The van der Waals surface area contributed by atoms with Crippen LogP contribution in [0.25, 0.3) is 0 Å². The Hall–Kier alpha value is -1.16. The van der Waals surface area contributed by atoms with Gasteiger partial charge in [-0.1, -0.05) is 32.6 Å². The summed E-state index contributed by atoms with van der Waals surface area (Å²) in [6.07, 6.45) is 7.80. The van der Waals surface area contributed by atoms with Crippen molar-refractivity contribution in [3.8, 4) is 0 Å². The van der Waals surface area contributed by atoms with Gasteiger partial charge in [-0.2, -0.15) is 0 Å². The van der Waals surface area contributed by atoms with Gasteiger partial charge in [0, 0.05) is 18.4 Å². The summed E-state index contributed by atoms with van der Waals surface area (Å²) in [6.45, 7) is 4.82. The summed E-state index contributed by atoms with van der Waals surface area (Å²) >= 11 is 0. The third-order valence-corrected chi connectivity index (χ3v) is 3.90. The average Bonchev–Trinajstić information content (AvgIpc) is 2.65. The summed E-state index contributed by atoms with van der Waals surface area (Å²) in [4.78, 5) is 9.17. The summed E-state index contributed by atoms with van der Waals surface area (Å²) < 4.78 is 6.11. The molecule has 0 aromatic carbocycles. The quantitative estimate of drug-likeness (QED) is 0.847. The number of rotatable bonds is 4. The fourth-order valence-corrected chi connectivity index (χ4v) is 2.91. The van der Waals surface area contributed by atoms with Crippen LogP contribution in [0.4, 0.5) is 5.82 Å². The van der Waals surface area contributed by atoms with Crippen molar-refractivity contribution in [1.29, 1.82) is 0 Å². The summed E-state index contributed by atoms with van der Waals surface area (Å²) in [7, 11) is 0. The monoisotopic (exact) mass is 263 g/mol. The second-order valence-electron chi connectivity index (χ2n) is 5.30. The lowest BCUT2D eigenvalue weighted by Crippen LogP contribution is -2.32. The van der Waals surface area contributed by atoms with E-state index in [1.807, 2.05) is 13.0 Å². The second kappa shape index (κ2) is 6.33. The Morgan fingerprint density at radius 3 is 2.42 bits per heavy atom. The minimum absolute atomic E-state index is 0.315. The van der Waals surface area contributed by atoms with Gasteiger partial charge in [-0.3, -0.25) is 0 Å². The topological polar surface area (TPSA) is 61.0 Å². The minimum Gasteiger partial charge on any atom is -0.384 e. The molecule has 19 heavy (non-hydrogen) atoms. The third-order valence-electron chi connectivity index (χ3n) is 3.90. The molecule has 4 nitrogen and oxygen atoms in total. The highest BCUT2D eigenvalue weighted by Crippen LogP contribution is 2.38. The highest BCUT2D eigenvalue weighted by Gasteiger charge is 2.36. The predicted molar refractivity (Wildman–Crippen MR) is 76.8 cm³/mol. The Balaban J connectivity index is 2.39. The Bertz CT molecular complexity index is 412. The molecule has 1 aliphatic carbocycles. The fraction of sp³-hybridized carbons (Fsp3) is 0.733. The number of aryl methyl sites for hydroxylation is 1. The van der Waals surface area contributed by atoms with Crippen LogP contribution in [0.15, 0.2) is 6.07 Å². The van der Waals surface area contributed by atoms with Crippen molar-refractivity contribution in [1.82, 2.24) is 9.97 Å². The summed E-state index contributed by atoms with van der Waals surface area (Å²) in [5.41, 5.74) is 6.62. The smallest absolute Gasteiger partial charge is 0.162 e. The van der Waals surface area contributed by atoms with E-state index in [1.54, 1.807) is 0 Å². The maximum Gasteiger partial charge on any atom is 0.162 e. The van der Waals surface area contributed by atoms with Crippen LogP contribution in [0.2, 0.25) is 0 Å². The van der Waals surface area contributed by atoms with Gasteiger partial charge in [0.15, 0.2) is 5.82 Å². The molecule has 106 valence electrons. The summed E-state index contributed by atoms with van der Waals surface area (Å²) in [5, 5.41) is 0. The largest absolute Gasteiger partial charge is 0.384 e. The summed E-state index contributed by atoms with van der Waals surface area (Å²) in [6, 6.07) is 1.86. The maximum absolute atomic E-state index is 6.11. The van der Waals surface area contributed by atoms with Crippen molar-refractivity contribution < 1.29 is 4.74 Å². The lowest BCUT2D eigenvalue weighted by atomic mass is 9.92. The number of nitrogens with zero attached hydrogens (tertiary/aromatic N) is 2. The van der Waals surface area contributed by atoms with Crippen LogP contribution in [0.3, 0.4) is 0 Å². The standard InChI is InChI=1S/C15H25N3O/c1-3-12-11-13(16)18-14(17-12)15(19-4-2)9-7-5-6-8-10-15/h11H,3-10H2,1-2H3,(H2,16,17,18). The van der Waals surface area contributed by atoms with Crippen molar-refractivity contribution in [3.05, 3.63) is 17.6 Å². The highest BCUT2D eigenvalue weighted by atomic mass is 16.5. The number of nitrogen functional groups attached to an aromatic ring is 1. The van der Waals surface area contributed by atoms with Crippen molar-refractivity contribution >= 4 is 5.82 Å². The molecular formula is C15H25N3O. The number of ether oxygens (including phenoxy) is 1. The van der Waals surface area contributed by atoms with Gasteiger partial charge in [0.25, 0.3) is 0 Å². The van der Waals surface area contributed by atoms with Crippen molar-refractivity contribution in [2.75, 3.05) is 12.3 Å². The molecule has 1 aromatic rings. The number of aromatic nitrogens is 2. The van der Waals surface area contributed by atoms with Crippen LogP contribution >= 0.6 is 0 Å². The molecule has 0 aliphatic heterocycles. The number of anilines is 1. The Kier molecular flexibility index (Phi) is 4.75. The molecule has 0 unspecified atom stereocenters. The van der Waals surface area contributed by atoms with E-state index >= 15 is 0 Å². The number of hydrogen-bond donors (Lipinski definition) is 1. The van der Waals surface area contributed by atoms with E-state index in [2.05, 4.69) is 11.9 Å². The van der Waals surface area contributed by atoms with Gasteiger partial charge in [-0.25, -0.2) is 9.97 Å². The van der Waals surface area contributed by atoms with Crippen LogP contribution in [0, 0.1) is 0 Å². The first-order valence-electron chi connectivity index (χ1n) is 7.48. The molecule has 0 amide bonds. The van der Waals surface area contributed by atoms with Gasteiger partial charge in [0.05, 0.1) is 0 Å². The highest BCUT2D eigenvalue weighted by molar-refractivity contribution is 5.31. The normalized spacial score (nSPS) is 19.1. The Morgan fingerprint density at radius 1 is 1.16 bits per heavy atom. The van der Waals surface area contributed by atoms with E-state index in [0.29, 0.717) is 12.4 Å². The first-order valence-corrected chi connectivity index (χ1v) is 7.48. The molecule has 0 bridgehead atoms. The minimum atomic E-state index is -0.315.